The van der Waals surface area contributed by atoms with Gasteiger partial charge in [-0.1, -0.05) is 20.8 Å². The molecule has 2 aliphatic rings. The lowest BCUT2D eigenvalue weighted by atomic mass is 9.94. The van der Waals surface area contributed by atoms with Gasteiger partial charge in [-0.15, -0.1) is 0 Å². The normalized spacial score (nSPS) is 18.9. The second-order valence-electron chi connectivity index (χ2n) is 9.56. The van der Waals surface area contributed by atoms with Crippen molar-refractivity contribution in [3.05, 3.63) is 46.2 Å². The number of nitro benzene ring substituents is 1. The molecule has 0 atom stereocenters. The van der Waals surface area contributed by atoms with Crippen LogP contribution in [0.5, 0.6) is 0 Å². The number of hydrogen-bond donors (Lipinski definition) is 0. The van der Waals surface area contributed by atoms with Gasteiger partial charge in [-0.25, -0.2) is 13.4 Å². The molecule has 1 aromatic carbocycles. The number of anilines is 1. The van der Waals surface area contributed by atoms with Gasteiger partial charge in [-0.2, -0.15) is 4.31 Å². The summed E-state index contributed by atoms with van der Waals surface area (Å²) >= 11 is 0. The van der Waals surface area contributed by atoms with Crippen molar-refractivity contribution in [3.63, 3.8) is 0 Å². The Kier molecular flexibility index (Phi) is 6.94. The summed E-state index contributed by atoms with van der Waals surface area (Å²) in [4.78, 5) is 19.7. The smallest absolute Gasteiger partial charge is 0.293 e. The molecular formula is C22H31N5O6S. The number of benzene rings is 1. The van der Waals surface area contributed by atoms with Crippen LogP contribution in [0.2, 0.25) is 0 Å². The largest absolute Gasteiger partial charge is 0.444 e. The van der Waals surface area contributed by atoms with E-state index < -0.39 is 14.9 Å². The molecule has 1 aromatic heterocycles. The van der Waals surface area contributed by atoms with Gasteiger partial charge in [0, 0.05) is 50.7 Å². The number of sulfonamides is 1. The highest BCUT2D eigenvalue weighted by atomic mass is 32.2. The molecule has 2 saturated heterocycles. The van der Waals surface area contributed by atoms with E-state index >= 15 is 0 Å². The molecule has 0 unspecified atom stereocenters. The Labute approximate surface area is 199 Å². The first-order valence-corrected chi connectivity index (χ1v) is 12.8. The zero-order chi connectivity index (χ0) is 24.5. The van der Waals surface area contributed by atoms with Crippen LogP contribution in [0.3, 0.4) is 0 Å². The third-order valence-corrected chi connectivity index (χ3v) is 8.01. The van der Waals surface area contributed by atoms with Gasteiger partial charge in [0.15, 0.2) is 0 Å². The number of piperazine rings is 1. The molecule has 12 heteroatoms. The van der Waals surface area contributed by atoms with Crippen molar-refractivity contribution < 1.29 is 22.5 Å². The van der Waals surface area contributed by atoms with Crippen LogP contribution in [0.25, 0.3) is 0 Å². The molecule has 3 heterocycles. The number of ether oxygens (including phenoxy) is 1. The van der Waals surface area contributed by atoms with Crippen LogP contribution in [-0.4, -0.2) is 80.0 Å². The lowest BCUT2D eigenvalue weighted by Crippen LogP contribution is -2.46. The minimum atomic E-state index is -3.81. The highest BCUT2D eigenvalue weighted by molar-refractivity contribution is 7.89. The van der Waals surface area contributed by atoms with E-state index in [4.69, 9.17) is 9.15 Å². The highest BCUT2D eigenvalue weighted by Gasteiger charge is 2.31. The average Bonchev–Trinajstić information content (AvgIpc) is 3.29. The van der Waals surface area contributed by atoms with Crippen LogP contribution in [0, 0.1) is 10.1 Å². The van der Waals surface area contributed by atoms with Gasteiger partial charge in [0.25, 0.3) is 5.69 Å². The fourth-order valence-electron chi connectivity index (χ4n) is 4.08. The quantitative estimate of drug-likeness (QED) is 0.440. The van der Waals surface area contributed by atoms with E-state index in [9.17, 15) is 18.5 Å². The SMILES string of the molecule is CC(C)(C)c1cnc(CN2CCN(c3ccc(S(=O)(=O)N4CCOCC4)cc3[N+](=O)[O-])CC2)o1. The molecule has 0 spiro atoms. The van der Waals surface area contributed by atoms with Crippen LogP contribution < -0.4 is 4.90 Å². The summed E-state index contributed by atoms with van der Waals surface area (Å²) in [5.74, 6) is 1.49. The number of oxazole rings is 1. The Morgan fingerprint density at radius 1 is 1.09 bits per heavy atom. The minimum absolute atomic E-state index is 0.0676. The molecule has 2 aliphatic heterocycles. The summed E-state index contributed by atoms with van der Waals surface area (Å²) in [6.07, 6.45) is 1.77. The zero-order valence-corrected chi connectivity index (χ0v) is 20.6. The third kappa shape index (κ3) is 5.24. The van der Waals surface area contributed by atoms with Crippen LogP contribution in [0.1, 0.15) is 32.4 Å². The molecule has 0 saturated carbocycles. The molecule has 4 rings (SSSR count). The highest BCUT2D eigenvalue weighted by Crippen LogP contribution is 2.33. The number of nitrogens with zero attached hydrogens (tertiary/aromatic N) is 5. The van der Waals surface area contributed by atoms with E-state index in [2.05, 4.69) is 30.7 Å². The number of morpholine rings is 1. The van der Waals surface area contributed by atoms with Gasteiger partial charge >= 0.3 is 0 Å². The van der Waals surface area contributed by atoms with E-state index in [0.29, 0.717) is 57.5 Å². The Balaban J connectivity index is 1.45. The van der Waals surface area contributed by atoms with Crippen molar-refractivity contribution in [2.45, 2.75) is 37.6 Å². The van der Waals surface area contributed by atoms with Crippen molar-refractivity contribution in [2.75, 3.05) is 57.4 Å². The Morgan fingerprint density at radius 2 is 1.76 bits per heavy atom. The summed E-state index contributed by atoms with van der Waals surface area (Å²) in [5.41, 5.74) is 0.117. The molecule has 11 nitrogen and oxygen atoms in total. The van der Waals surface area contributed by atoms with Gasteiger partial charge in [0.2, 0.25) is 15.9 Å². The topological polar surface area (TPSA) is 122 Å². The van der Waals surface area contributed by atoms with Gasteiger partial charge in [-0.3, -0.25) is 15.0 Å². The first kappa shape index (κ1) is 24.6. The van der Waals surface area contributed by atoms with Crippen molar-refractivity contribution in [3.8, 4) is 0 Å². The first-order chi connectivity index (χ1) is 16.1. The van der Waals surface area contributed by atoms with Crippen LogP contribution in [0.4, 0.5) is 11.4 Å². The van der Waals surface area contributed by atoms with Gasteiger partial charge in [0.05, 0.1) is 35.8 Å². The Hall–Kier alpha value is -2.54. The molecule has 2 aromatic rings. The monoisotopic (exact) mass is 493 g/mol. The Morgan fingerprint density at radius 3 is 2.35 bits per heavy atom. The third-order valence-electron chi connectivity index (χ3n) is 6.12. The maximum atomic E-state index is 12.9. The average molecular weight is 494 g/mol. The van der Waals surface area contributed by atoms with E-state index in [1.54, 1.807) is 12.3 Å². The minimum Gasteiger partial charge on any atom is -0.444 e. The maximum absolute atomic E-state index is 12.9. The molecule has 0 N–H and O–H groups in total. The molecule has 0 amide bonds. The van der Waals surface area contributed by atoms with Crippen LogP contribution in [-0.2, 0) is 26.7 Å². The molecule has 2 fully saturated rings. The number of rotatable bonds is 6. The van der Waals surface area contributed by atoms with Gasteiger partial charge in [0.1, 0.15) is 11.4 Å². The van der Waals surface area contributed by atoms with Crippen molar-refractivity contribution in [1.82, 2.24) is 14.2 Å². The van der Waals surface area contributed by atoms with E-state index in [1.807, 2.05) is 4.90 Å². The number of hydrogen-bond acceptors (Lipinski definition) is 9. The number of nitro groups is 1. The first-order valence-electron chi connectivity index (χ1n) is 11.3. The maximum Gasteiger partial charge on any atom is 0.293 e. The summed E-state index contributed by atoms with van der Waals surface area (Å²) in [6, 6.07) is 4.18. The molecule has 34 heavy (non-hydrogen) atoms. The summed E-state index contributed by atoms with van der Waals surface area (Å²) in [6.45, 7) is 10.4. The fraction of sp³-hybridized carbons (Fsp3) is 0.591. The summed E-state index contributed by atoms with van der Waals surface area (Å²) in [5, 5.41) is 11.8. The van der Waals surface area contributed by atoms with Crippen molar-refractivity contribution >= 4 is 21.4 Å². The van der Waals surface area contributed by atoms with Crippen molar-refractivity contribution in [1.29, 1.82) is 0 Å². The standard InChI is InChI=1S/C22H31N5O6S/c1-22(2,3)20-15-23-21(33-20)16-24-6-8-25(9-7-24)18-5-4-17(14-19(18)27(28)29)34(30,31)26-10-12-32-13-11-26/h4-5,14-15H,6-13,16H2,1-3H3. The van der Waals surface area contributed by atoms with Crippen molar-refractivity contribution in [2.24, 2.45) is 0 Å². The summed E-state index contributed by atoms with van der Waals surface area (Å²) in [7, 11) is -3.81. The van der Waals surface area contributed by atoms with E-state index in [1.165, 1.54) is 16.4 Å². The molecule has 0 bridgehead atoms. The summed E-state index contributed by atoms with van der Waals surface area (Å²) < 4.78 is 38.3. The fourth-order valence-corrected chi connectivity index (χ4v) is 5.51. The van der Waals surface area contributed by atoms with E-state index in [0.717, 1.165) is 5.76 Å². The molecule has 0 radical (unpaired) electrons. The van der Waals surface area contributed by atoms with Gasteiger partial charge in [-0.05, 0) is 12.1 Å². The second-order valence-corrected chi connectivity index (χ2v) is 11.5. The number of aromatic nitrogens is 1. The van der Waals surface area contributed by atoms with Gasteiger partial charge < -0.3 is 14.1 Å². The molecule has 0 aliphatic carbocycles. The van der Waals surface area contributed by atoms with Crippen LogP contribution >= 0.6 is 0 Å². The predicted molar refractivity (Wildman–Crippen MR) is 125 cm³/mol. The lowest BCUT2D eigenvalue weighted by molar-refractivity contribution is -0.384. The zero-order valence-electron chi connectivity index (χ0n) is 19.8. The lowest BCUT2D eigenvalue weighted by Gasteiger charge is -2.35. The van der Waals surface area contributed by atoms with E-state index in [-0.39, 0.29) is 29.1 Å². The Bertz CT molecular complexity index is 1130. The second kappa shape index (κ2) is 9.61. The predicted octanol–water partition coefficient (Wildman–Crippen LogP) is 2.22. The van der Waals surface area contributed by atoms with Crippen LogP contribution in [0.15, 0.2) is 33.7 Å². The molecular weight excluding hydrogens is 462 g/mol. The molecule has 186 valence electrons.